The molecular formula is C30H39N3O3. The number of nitrogens with zero attached hydrogens (tertiary/aromatic N) is 3. The van der Waals surface area contributed by atoms with Gasteiger partial charge in [0.2, 0.25) is 11.8 Å². The first-order chi connectivity index (χ1) is 17.4. The number of likely N-dealkylation sites (N-methyl/N-ethyl adjacent to an activating group) is 1. The Balaban J connectivity index is 1.56. The Hall–Kier alpha value is -3.02. The second-order valence-electron chi connectivity index (χ2n) is 10.4. The number of pyridine rings is 1. The number of rotatable bonds is 9. The van der Waals surface area contributed by atoms with Gasteiger partial charge in [-0.2, -0.15) is 0 Å². The molecule has 0 unspecified atom stereocenters. The molecule has 4 rings (SSSR count). The smallest absolute Gasteiger partial charge is 0.250 e. The van der Waals surface area contributed by atoms with Crippen LogP contribution in [0.25, 0.3) is 0 Å². The maximum atomic E-state index is 13.7. The number of aryl methyl sites for hydroxylation is 1. The van der Waals surface area contributed by atoms with Crippen molar-refractivity contribution in [1.29, 1.82) is 0 Å². The third-order valence-corrected chi connectivity index (χ3v) is 8.19. The Morgan fingerprint density at radius 3 is 2.47 bits per heavy atom. The maximum absolute atomic E-state index is 13.7. The van der Waals surface area contributed by atoms with E-state index in [1.165, 1.54) is 24.2 Å². The number of para-hydroxylation sites is 1. The van der Waals surface area contributed by atoms with Gasteiger partial charge in [0.05, 0.1) is 5.92 Å². The number of likely N-dealkylation sites (tertiary alicyclic amines) is 1. The van der Waals surface area contributed by atoms with Crippen molar-refractivity contribution in [2.45, 2.75) is 77.7 Å². The standard InChI is InChI=1S/C30H39N3O3/c1-4-22(23-12-8-6-9-13-23)20-27(34)33-28(30(36)32(3)25-14-10-7-11-15-25)26(29(33)35)19-21-16-17-31-24(5-2)18-21/h7,10-11,14-18,22-23,26,28H,4-6,8-9,12-13,19-20H2,1-3H3/t22-,26+,28-/m0/s1. The number of imide groups is 1. The van der Waals surface area contributed by atoms with Crippen molar-refractivity contribution in [3.63, 3.8) is 0 Å². The lowest BCUT2D eigenvalue weighted by molar-refractivity contribution is -0.171. The van der Waals surface area contributed by atoms with E-state index in [9.17, 15) is 14.4 Å². The Morgan fingerprint density at radius 1 is 1.08 bits per heavy atom. The highest BCUT2D eigenvalue weighted by Crippen LogP contribution is 2.37. The van der Waals surface area contributed by atoms with Crippen LogP contribution in [0.3, 0.4) is 0 Å². The lowest BCUT2D eigenvalue weighted by atomic mass is 9.76. The zero-order chi connectivity index (χ0) is 25.7. The molecule has 0 spiro atoms. The van der Waals surface area contributed by atoms with Gasteiger partial charge in [-0.1, -0.05) is 70.6 Å². The highest BCUT2D eigenvalue weighted by atomic mass is 16.2. The van der Waals surface area contributed by atoms with Crippen LogP contribution >= 0.6 is 0 Å². The van der Waals surface area contributed by atoms with E-state index in [0.717, 1.165) is 42.6 Å². The molecule has 0 radical (unpaired) electrons. The lowest BCUT2D eigenvalue weighted by Gasteiger charge is -2.46. The largest absolute Gasteiger partial charge is 0.314 e. The van der Waals surface area contributed by atoms with Crippen molar-refractivity contribution >= 4 is 23.4 Å². The van der Waals surface area contributed by atoms with Crippen molar-refractivity contribution in [1.82, 2.24) is 9.88 Å². The van der Waals surface area contributed by atoms with Gasteiger partial charge in [0.15, 0.2) is 0 Å². The highest BCUT2D eigenvalue weighted by molar-refractivity contribution is 6.12. The summed E-state index contributed by atoms with van der Waals surface area (Å²) in [6.45, 7) is 4.17. The molecule has 6 heteroatoms. The third kappa shape index (κ3) is 5.53. The van der Waals surface area contributed by atoms with Gasteiger partial charge < -0.3 is 4.90 Å². The normalized spacial score (nSPS) is 21.1. The quantitative estimate of drug-likeness (QED) is 0.454. The number of benzene rings is 1. The monoisotopic (exact) mass is 489 g/mol. The molecule has 1 saturated carbocycles. The molecule has 1 aliphatic heterocycles. The van der Waals surface area contributed by atoms with Gasteiger partial charge in [-0.25, -0.2) is 0 Å². The van der Waals surface area contributed by atoms with Gasteiger partial charge in [0, 0.05) is 31.0 Å². The van der Waals surface area contributed by atoms with E-state index in [-0.39, 0.29) is 23.6 Å². The third-order valence-electron chi connectivity index (χ3n) is 8.19. The van der Waals surface area contributed by atoms with Crippen molar-refractivity contribution in [2.24, 2.45) is 17.8 Å². The number of hydrogen-bond donors (Lipinski definition) is 0. The number of β-lactam (4-membered cyclic amide) rings is 1. The van der Waals surface area contributed by atoms with Crippen LogP contribution in [-0.2, 0) is 27.2 Å². The average molecular weight is 490 g/mol. The molecular weight excluding hydrogens is 450 g/mol. The number of aromatic nitrogens is 1. The molecule has 0 N–H and O–H groups in total. The molecule has 2 fully saturated rings. The Bertz CT molecular complexity index is 1060. The summed E-state index contributed by atoms with van der Waals surface area (Å²) in [6, 6.07) is 12.5. The summed E-state index contributed by atoms with van der Waals surface area (Å²) >= 11 is 0. The molecule has 1 aliphatic carbocycles. The predicted octanol–water partition coefficient (Wildman–Crippen LogP) is 5.20. The predicted molar refractivity (Wildman–Crippen MR) is 141 cm³/mol. The van der Waals surface area contributed by atoms with Crippen molar-refractivity contribution in [2.75, 3.05) is 11.9 Å². The highest BCUT2D eigenvalue weighted by Gasteiger charge is 2.55. The summed E-state index contributed by atoms with van der Waals surface area (Å²) in [5, 5.41) is 0. The summed E-state index contributed by atoms with van der Waals surface area (Å²) in [4.78, 5) is 47.9. The van der Waals surface area contributed by atoms with E-state index in [1.807, 2.05) is 49.4 Å². The van der Waals surface area contributed by atoms with E-state index < -0.39 is 12.0 Å². The lowest BCUT2D eigenvalue weighted by Crippen LogP contribution is -2.69. The maximum Gasteiger partial charge on any atom is 0.250 e. The molecule has 6 nitrogen and oxygen atoms in total. The zero-order valence-corrected chi connectivity index (χ0v) is 21.9. The summed E-state index contributed by atoms with van der Waals surface area (Å²) in [7, 11) is 1.72. The summed E-state index contributed by atoms with van der Waals surface area (Å²) in [5.74, 6) is -0.389. The Labute approximate surface area is 215 Å². The van der Waals surface area contributed by atoms with Gasteiger partial charge in [-0.3, -0.25) is 24.3 Å². The van der Waals surface area contributed by atoms with Crippen molar-refractivity contribution in [3.8, 4) is 0 Å². The fourth-order valence-corrected chi connectivity index (χ4v) is 5.96. The molecule has 2 heterocycles. The first kappa shape index (κ1) is 26.1. The average Bonchev–Trinajstić information content (AvgIpc) is 2.93. The van der Waals surface area contributed by atoms with Crippen LogP contribution in [0.2, 0.25) is 0 Å². The Kier molecular flexibility index (Phi) is 8.55. The van der Waals surface area contributed by atoms with E-state index in [4.69, 9.17) is 0 Å². The minimum atomic E-state index is -0.780. The molecule has 1 aromatic carbocycles. The molecule has 3 atom stereocenters. The number of anilines is 1. The van der Waals surface area contributed by atoms with E-state index in [1.54, 1.807) is 18.1 Å². The van der Waals surface area contributed by atoms with Crippen LogP contribution in [0, 0.1) is 17.8 Å². The van der Waals surface area contributed by atoms with Gasteiger partial charge in [0.25, 0.3) is 5.91 Å². The van der Waals surface area contributed by atoms with Gasteiger partial charge in [-0.15, -0.1) is 0 Å². The van der Waals surface area contributed by atoms with Gasteiger partial charge in [-0.05, 0) is 54.5 Å². The second kappa shape index (κ2) is 11.8. The first-order valence-electron chi connectivity index (χ1n) is 13.6. The molecule has 1 aromatic heterocycles. The number of amides is 3. The minimum Gasteiger partial charge on any atom is -0.314 e. The van der Waals surface area contributed by atoms with E-state index in [0.29, 0.717) is 18.8 Å². The zero-order valence-electron chi connectivity index (χ0n) is 21.9. The second-order valence-corrected chi connectivity index (χ2v) is 10.4. The fraction of sp³-hybridized carbons (Fsp3) is 0.533. The van der Waals surface area contributed by atoms with E-state index in [2.05, 4.69) is 11.9 Å². The molecule has 0 bridgehead atoms. The van der Waals surface area contributed by atoms with Crippen LogP contribution in [-0.4, -0.2) is 40.7 Å². The van der Waals surface area contributed by atoms with Crippen LogP contribution < -0.4 is 4.90 Å². The molecule has 1 saturated heterocycles. The van der Waals surface area contributed by atoms with Crippen LogP contribution in [0.15, 0.2) is 48.7 Å². The summed E-state index contributed by atoms with van der Waals surface area (Å²) < 4.78 is 0. The van der Waals surface area contributed by atoms with E-state index >= 15 is 0 Å². The summed E-state index contributed by atoms with van der Waals surface area (Å²) in [5.41, 5.74) is 2.68. The first-order valence-corrected chi connectivity index (χ1v) is 13.6. The SMILES string of the molecule is CCc1cc(C[C@H]2C(=O)N(C(=O)C[C@H](CC)C3CCCCC3)[C@@H]2C(=O)N(C)c2ccccc2)ccn1. The van der Waals surface area contributed by atoms with Crippen LogP contribution in [0.1, 0.15) is 70.1 Å². The molecule has 192 valence electrons. The minimum absolute atomic E-state index is 0.197. The summed E-state index contributed by atoms with van der Waals surface area (Å²) in [6.07, 6.45) is 10.3. The van der Waals surface area contributed by atoms with Crippen molar-refractivity contribution in [3.05, 3.63) is 59.9 Å². The fourth-order valence-electron chi connectivity index (χ4n) is 5.96. The van der Waals surface area contributed by atoms with Gasteiger partial charge >= 0.3 is 0 Å². The molecule has 36 heavy (non-hydrogen) atoms. The molecule has 2 aliphatic rings. The van der Waals surface area contributed by atoms with Gasteiger partial charge in [0.1, 0.15) is 6.04 Å². The Morgan fingerprint density at radius 2 is 1.81 bits per heavy atom. The van der Waals surface area contributed by atoms with Crippen molar-refractivity contribution < 1.29 is 14.4 Å². The molecule has 3 amide bonds. The molecule has 2 aromatic rings. The topological polar surface area (TPSA) is 70.6 Å². The van der Waals surface area contributed by atoms with Crippen LogP contribution in [0.5, 0.6) is 0 Å². The number of carbonyl (C=O) groups excluding carboxylic acids is 3. The number of carbonyl (C=O) groups is 3. The van der Waals surface area contributed by atoms with Crippen LogP contribution in [0.4, 0.5) is 5.69 Å². The number of hydrogen-bond acceptors (Lipinski definition) is 4.